The Morgan fingerprint density at radius 2 is 1.71 bits per heavy atom. The van der Waals surface area contributed by atoms with E-state index in [1.54, 1.807) is 9.70 Å². The zero-order chi connectivity index (χ0) is 24.2. The smallest absolute Gasteiger partial charge is 0.276 e. The molecule has 0 spiro atoms. The molecule has 1 aromatic heterocycles. The molecule has 3 aromatic rings. The zero-order valence-corrected chi connectivity index (χ0v) is 20.3. The number of aryl methyl sites for hydroxylation is 4. The molecule has 178 valence electrons. The third-order valence-electron chi connectivity index (χ3n) is 6.25. The Morgan fingerprint density at radius 3 is 2.41 bits per heavy atom. The van der Waals surface area contributed by atoms with Crippen LogP contribution in [0.5, 0.6) is 0 Å². The van der Waals surface area contributed by atoms with Gasteiger partial charge in [0, 0.05) is 31.9 Å². The average molecular weight is 461 g/mol. The van der Waals surface area contributed by atoms with Gasteiger partial charge in [0.2, 0.25) is 5.91 Å². The predicted octanol–water partition coefficient (Wildman–Crippen LogP) is 3.15. The number of nitrogens with zero attached hydrogens (tertiary/aromatic N) is 5. The normalized spacial score (nSPS) is 14.3. The average Bonchev–Trinajstić information content (AvgIpc) is 3.20. The van der Waals surface area contributed by atoms with Crippen LogP contribution in [0.15, 0.2) is 42.5 Å². The maximum Gasteiger partial charge on any atom is 0.276 e. The molecule has 0 radical (unpaired) electrons. The van der Waals surface area contributed by atoms with Gasteiger partial charge in [0.05, 0.1) is 17.9 Å². The summed E-state index contributed by atoms with van der Waals surface area (Å²) in [6.07, 6.45) is 0.866. The van der Waals surface area contributed by atoms with Crippen molar-refractivity contribution >= 4 is 17.5 Å². The fourth-order valence-electron chi connectivity index (χ4n) is 4.32. The van der Waals surface area contributed by atoms with Gasteiger partial charge in [-0.2, -0.15) is 9.90 Å². The third kappa shape index (κ3) is 5.17. The molecule has 34 heavy (non-hydrogen) atoms. The lowest BCUT2D eigenvalue weighted by molar-refractivity contribution is -0.117. The summed E-state index contributed by atoms with van der Waals surface area (Å²) in [6.45, 7) is 10.6. The molecule has 1 aliphatic heterocycles. The van der Waals surface area contributed by atoms with Crippen molar-refractivity contribution in [1.29, 1.82) is 0 Å². The highest BCUT2D eigenvalue weighted by Gasteiger charge is 2.27. The van der Waals surface area contributed by atoms with Crippen LogP contribution in [0, 0.1) is 20.8 Å². The molecular formula is C26H32N6O2. The van der Waals surface area contributed by atoms with Crippen molar-refractivity contribution < 1.29 is 9.59 Å². The summed E-state index contributed by atoms with van der Waals surface area (Å²) in [5.41, 5.74) is 6.07. The first-order valence-electron chi connectivity index (χ1n) is 11.8. The van der Waals surface area contributed by atoms with E-state index >= 15 is 0 Å². The van der Waals surface area contributed by atoms with E-state index in [-0.39, 0.29) is 11.8 Å². The van der Waals surface area contributed by atoms with Crippen LogP contribution in [0.3, 0.4) is 0 Å². The predicted molar refractivity (Wildman–Crippen MR) is 132 cm³/mol. The SMILES string of the molecule is CCc1ccccc1NC(=O)CN1CCN(C(=O)c2nn(-c3ccc(C)cc3C)nc2C)CC1. The van der Waals surface area contributed by atoms with Gasteiger partial charge in [-0.3, -0.25) is 14.5 Å². The van der Waals surface area contributed by atoms with Gasteiger partial charge in [0.25, 0.3) is 5.91 Å². The molecule has 0 saturated carbocycles. The van der Waals surface area contributed by atoms with Gasteiger partial charge in [-0.1, -0.05) is 42.8 Å². The molecule has 8 heteroatoms. The van der Waals surface area contributed by atoms with E-state index in [1.807, 2.05) is 57.2 Å². The molecule has 4 rings (SSSR count). The van der Waals surface area contributed by atoms with E-state index < -0.39 is 0 Å². The number of carbonyl (C=O) groups is 2. The topological polar surface area (TPSA) is 83.4 Å². The number of rotatable bonds is 6. The lowest BCUT2D eigenvalue weighted by atomic mass is 10.1. The van der Waals surface area contributed by atoms with E-state index in [2.05, 4.69) is 33.4 Å². The van der Waals surface area contributed by atoms with E-state index in [1.165, 1.54) is 5.56 Å². The Balaban J connectivity index is 1.35. The molecule has 0 atom stereocenters. The van der Waals surface area contributed by atoms with Gasteiger partial charge in [-0.05, 0) is 50.5 Å². The lowest BCUT2D eigenvalue weighted by Crippen LogP contribution is -2.50. The van der Waals surface area contributed by atoms with Crippen LogP contribution < -0.4 is 5.32 Å². The Morgan fingerprint density at radius 1 is 0.971 bits per heavy atom. The standard InChI is InChI=1S/C26H32N6O2/c1-5-21-8-6-7-9-22(21)27-24(33)17-30-12-14-31(15-13-30)26(34)25-20(4)28-32(29-25)23-11-10-18(2)16-19(23)3/h6-11,16H,5,12-15,17H2,1-4H3,(H,27,33). The van der Waals surface area contributed by atoms with Gasteiger partial charge in [-0.25, -0.2) is 0 Å². The Bertz CT molecular complexity index is 1190. The molecule has 2 aromatic carbocycles. The highest BCUT2D eigenvalue weighted by atomic mass is 16.2. The Hall–Kier alpha value is -3.52. The van der Waals surface area contributed by atoms with Gasteiger partial charge in [0.15, 0.2) is 5.69 Å². The monoisotopic (exact) mass is 460 g/mol. The van der Waals surface area contributed by atoms with Crippen LogP contribution in [0.4, 0.5) is 5.69 Å². The van der Waals surface area contributed by atoms with Crippen LogP contribution in [-0.2, 0) is 11.2 Å². The summed E-state index contributed by atoms with van der Waals surface area (Å²) < 4.78 is 0. The van der Waals surface area contributed by atoms with Crippen LogP contribution in [0.2, 0.25) is 0 Å². The Labute approximate surface area is 200 Å². The number of anilines is 1. The molecule has 1 aliphatic rings. The summed E-state index contributed by atoms with van der Waals surface area (Å²) in [5.74, 6) is -0.151. The molecule has 8 nitrogen and oxygen atoms in total. The number of nitrogens with one attached hydrogen (secondary N) is 1. The minimum atomic E-state index is -0.116. The summed E-state index contributed by atoms with van der Waals surface area (Å²) in [4.78, 5) is 31.1. The summed E-state index contributed by atoms with van der Waals surface area (Å²) in [6, 6.07) is 13.9. The molecule has 1 saturated heterocycles. The molecule has 0 unspecified atom stereocenters. The quantitative estimate of drug-likeness (QED) is 0.611. The highest BCUT2D eigenvalue weighted by molar-refractivity contribution is 5.94. The molecule has 2 amide bonds. The second-order valence-electron chi connectivity index (χ2n) is 8.84. The minimum Gasteiger partial charge on any atom is -0.335 e. The van der Waals surface area contributed by atoms with E-state index in [0.29, 0.717) is 44.1 Å². The van der Waals surface area contributed by atoms with Crippen LogP contribution >= 0.6 is 0 Å². The number of para-hydroxylation sites is 1. The number of piperazine rings is 1. The number of amides is 2. The van der Waals surface area contributed by atoms with Crippen molar-refractivity contribution in [1.82, 2.24) is 24.8 Å². The van der Waals surface area contributed by atoms with Crippen molar-refractivity contribution in [3.8, 4) is 5.69 Å². The molecule has 1 N–H and O–H groups in total. The first-order chi connectivity index (χ1) is 16.4. The molecule has 2 heterocycles. The third-order valence-corrected chi connectivity index (χ3v) is 6.25. The number of aromatic nitrogens is 3. The van der Waals surface area contributed by atoms with Gasteiger partial charge in [-0.15, -0.1) is 5.10 Å². The minimum absolute atomic E-state index is 0.0343. The number of hydrogen-bond donors (Lipinski definition) is 1. The van der Waals surface area contributed by atoms with Crippen LogP contribution in [0.1, 0.15) is 39.8 Å². The zero-order valence-electron chi connectivity index (χ0n) is 20.3. The van der Waals surface area contributed by atoms with Crippen molar-refractivity contribution in [2.24, 2.45) is 0 Å². The van der Waals surface area contributed by atoms with E-state index in [4.69, 9.17) is 0 Å². The fraction of sp³-hybridized carbons (Fsp3) is 0.385. The number of benzene rings is 2. The molecule has 0 bridgehead atoms. The van der Waals surface area contributed by atoms with Crippen LogP contribution in [-0.4, -0.2) is 69.3 Å². The Kier molecular flexibility index (Phi) is 7.07. The number of hydrogen-bond acceptors (Lipinski definition) is 5. The summed E-state index contributed by atoms with van der Waals surface area (Å²) in [5, 5.41) is 12.0. The maximum atomic E-state index is 13.2. The van der Waals surface area contributed by atoms with Crippen molar-refractivity contribution in [2.45, 2.75) is 34.1 Å². The second-order valence-corrected chi connectivity index (χ2v) is 8.84. The largest absolute Gasteiger partial charge is 0.335 e. The van der Waals surface area contributed by atoms with Gasteiger partial charge >= 0.3 is 0 Å². The first-order valence-corrected chi connectivity index (χ1v) is 11.8. The molecule has 1 fully saturated rings. The molecular weight excluding hydrogens is 428 g/mol. The maximum absolute atomic E-state index is 13.2. The first kappa shape index (κ1) is 23.6. The van der Waals surface area contributed by atoms with E-state index in [9.17, 15) is 9.59 Å². The van der Waals surface area contributed by atoms with Crippen LogP contribution in [0.25, 0.3) is 5.69 Å². The van der Waals surface area contributed by atoms with Crippen molar-refractivity contribution in [3.05, 3.63) is 70.5 Å². The fourth-order valence-corrected chi connectivity index (χ4v) is 4.32. The lowest BCUT2D eigenvalue weighted by Gasteiger charge is -2.34. The van der Waals surface area contributed by atoms with Crippen molar-refractivity contribution in [2.75, 3.05) is 38.0 Å². The van der Waals surface area contributed by atoms with Gasteiger partial charge in [0.1, 0.15) is 0 Å². The van der Waals surface area contributed by atoms with Crippen molar-refractivity contribution in [3.63, 3.8) is 0 Å². The van der Waals surface area contributed by atoms with E-state index in [0.717, 1.165) is 28.9 Å². The number of carbonyl (C=O) groups excluding carboxylic acids is 2. The summed E-state index contributed by atoms with van der Waals surface area (Å²) >= 11 is 0. The van der Waals surface area contributed by atoms with Gasteiger partial charge < -0.3 is 10.2 Å². The highest BCUT2D eigenvalue weighted by Crippen LogP contribution is 2.18. The molecule has 0 aliphatic carbocycles. The summed E-state index contributed by atoms with van der Waals surface area (Å²) in [7, 11) is 0. The second kappa shape index (κ2) is 10.2.